The molecule has 1 aliphatic rings. The minimum Gasteiger partial charge on any atom is -0.383 e. The minimum atomic E-state index is -0.520. The van der Waals surface area contributed by atoms with Crippen molar-refractivity contribution in [1.82, 2.24) is 4.90 Å². The summed E-state index contributed by atoms with van der Waals surface area (Å²) in [5, 5.41) is 0. The smallest absolute Gasteiger partial charge is 0.242 e. The van der Waals surface area contributed by atoms with E-state index in [1.54, 1.807) is 7.11 Å². The fraction of sp³-hybridized carbons (Fsp3) is 0.917. The average molecular weight is 228 g/mol. The lowest BCUT2D eigenvalue weighted by Gasteiger charge is -2.36. The highest BCUT2D eigenvalue weighted by molar-refractivity contribution is 5.82. The molecule has 1 rings (SSSR count). The van der Waals surface area contributed by atoms with E-state index >= 15 is 0 Å². The quantitative estimate of drug-likeness (QED) is 0.784. The summed E-state index contributed by atoms with van der Waals surface area (Å²) >= 11 is 0. The van der Waals surface area contributed by atoms with Crippen molar-refractivity contribution in [2.75, 3.05) is 20.3 Å². The Morgan fingerprint density at radius 2 is 2.19 bits per heavy atom. The second-order valence-electron chi connectivity index (χ2n) is 5.62. The van der Waals surface area contributed by atoms with Gasteiger partial charge in [0, 0.05) is 19.7 Å². The van der Waals surface area contributed by atoms with Crippen LogP contribution in [0.1, 0.15) is 33.6 Å². The van der Waals surface area contributed by atoms with E-state index in [2.05, 4.69) is 20.8 Å². The first-order valence-electron chi connectivity index (χ1n) is 5.93. The van der Waals surface area contributed by atoms with Crippen LogP contribution in [0.3, 0.4) is 0 Å². The molecule has 0 saturated carbocycles. The van der Waals surface area contributed by atoms with E-state index in [1.807, 2.05) is 4.90 Å². The van der Waals surface area contributed by atoms with Gasteiger partial charge in [0.15, 0.2) is 0 Å². The van der Waals surface area contributed by atoms with E-state index in [1.165, 1.54) is 0 Å². The van der Waals surface area contributed by atoms with Crippen LogP contribution in [0.25, 0.3) is 0 Å². The molecule has 0 aromatic carbocycles. The van der Waals surface area contributed by atoms with Crippen molar-refractivity contribution < 1.29 is 9.53 Å². The number of nitrogens with zero attached hydrogens (tertiary/aromatic N) is 1. The molecule has 1 aliphatic heterocycles. The van der Waals surface area contributed by atoms with Crippen LogP contribution in [-0.4, -0.2) is 43.2 Å². The second kappa shape index (κ2) is 5.15. The van der Waals surface area contributed by atoms with Gasteiger partial charge in [0.1, 0.15) is 6.04 Å². The molecular weight excluding hydrogens is 204 g/mol. The molecule has 0 aliphatic carbocycles. The van der Waals surface area contributed by atoms with E-state index in [0.717, 1.165) is 19.4 Å². The van der Waals surface area contributed by atoms with E-state index < -0.39 is 6.04 Å². The molecule has 1 fully saturated rings. The van der Waals surface area contributed by atoms with Crippen LogP contribution in [0, 0.1) is 5.41 Å². The number of rotatable bonds is 3. The fourth-order valence-electron chi connectivity index (χ4n) is 2.39. The highest BCUT2D eigenvalue weighted by Gasteiger charge is 2.38. The molecule has 1 saturated heterocycles. The van der Waals surface area contributed by atoms with Crippen molar-refractivity contribution in [3.05, 3.63) is 0 Å². The van der Waals surface area contributed by atoms with Gasteiger partial charge in [0.2, 0.25) is 5.91 Å². The Kier molecular flexibility index (Phi) is 4.33. The molecule has 4 nitrogen and oxygen atoms in total. The van der Waals surface area contributed by atoms with Crippen LogP contribution >= 0.6 is 0 Å². The van der Waals surface area contributed by atoms with Gasteiger partial charge in [0.25, 0.3) is 0 Å². The molecule has 0 aromatic heterocycles. The number of carbonyl (C=O) groups is 1. The van der Waals surface area contributed by atoms with Crippen molar-refractivity contribution in [1.29, 1.82) is 0 Å². The molecular formula is C12H24N2O2. The highest BCUT2D eigenvalue weighted by Crippen LogP contribution is 2.32. The van der Waals surface area contributed by atoms with Crippen LogP contribution < -0.4 is 5.73 Å². The van der Waals surface area contributed by atoms with Gasteiger partial charge in [0.05, 0.1) is 6.61 Å². The third-order valence-corrected chi connectivity index (χ3v) is 3.20. The zero-order valence-corrected chi connectivity index (χ0v) is 10.8. The second-order valence-corrected chi connectivity index (χ2v) is 5.62. The zero-order valence-electron chi connectivity index (χ0n) is 10.8. The monoisotopic (exact) mass is 228 g/mol. The normalized spacial score (nSPS) is 23.6. The summed E-state index contributed by atoms with van der Waals surface area (Å²) in [4.78, 5) is 14.0. The summed E-state index contributed by atoms with van der Waals surface area (Å²) in [6.45, 7) is 7.64. The molecule has 1 amide bonds. The van der Waals surface area contributed by atoms with Crippen LogP contribution in [0.4, 0.5) is 0 Å². The number of likely N-dealkylation sites (tertiary alicyclic amines) is 1. The van der Waals surface area contributed by atoms with Crippen molar-refractivity contribution >= 4 is 5.91 Å². The number of hydrogen-bond acceptors (Lipinski definition) is 3. The summed E-state index contributed by atoms with van der Waals surface area (Å²) in [6.07, 6.45) is 2.16. The Hall–Kier alpha value is -0.610. The lowest BCUT2D eigenvalue weighted by atomic mass is 9.85. The number of carbonyl (C=O) groups excluding carboxylic acids is 1. The van der Waals surface area contributed by atoms with Crippen molar-refractivity contribution in [3.8, 4) is 0 Å². The number of methoxy groups -OCH3 is 1. The summed E-state index contributed by atoms with van der Waals surface area (Å²) in [5.74, 6) is 0.0271. The number of hydrogen-bond donors (Lipinski definition) is 1. The molecule has 0 bridgehead atoms. The Labute approximate surface area is 98.1 Å². The standard InChI is InChI=1S/C12H24N2O2/c1-12(2,3)10-6-5-7-14(10)11(15)9(13)8-16-4/h9-10H,5-8,13H2,1-4H3. The maximum absolute atomic E-state index is 12.1. The van der Waals surface area contributed by atoms with Gasteiger partial charge in [-0.25, -0.2) is 0 Å². The largest absolute Gasteiger partial charge is 0.383 e. The maximum atomic E-state index is 12.1. The summed E-state index contributed by atoms with van der Waals surface area (Å²) in [6, 6.07) is -0.212. The van der Waals surface area contributed by atoms with E-state index in [4.69, 9.17) is 10.5 Å². The fourth-order valence-corrected chi connectivity index (χ4v) is 2.39. The minimum absolute atomic E-state index is 0.0271. The van der Waals surface area contributed by atoms with E-state index in [-0.39, 0.29) is 11.3 Å². The van der Waals surface area contributed by atoms with Crippen molar-refractivity contribution in [2.45, 2.75) is 45.7 Å². The van der Waals surface area contributed by atoms with Gasteiger partial charge in [-0.05, 0) is 18.3 Å². The van der Waals surface area contributed by atoms with Gasteiger partial charge in [-0.1, -0.05) is 20.8 Å². The Morgan fingerprint density at radius 3 is 2.69 bits per heavy atom. The molecule has 94 valence electrons. The molecule has 2 unspecified atom stereocenters. The molecule has 4 heteroatoms. The predicted molar refractivity (Wildman–Crippen MR) is 64.0 cm³/mol. The van der Waals surface area contributed by atoms with E-state index in [0.29, 0.717) is 12.6 Å². The Balaban J connectivity index is 2.68. The third-order valence-electron chi connectivity index (χ3n) is 3.20. The first-order valence-corrected chi connectivity index (χ1v) is 5.93. The first kappa shape index (κ1) is 13.5. The summed E-state index contributed by atoms with van der Waals surface area (Å²) < 4.78 is 4.93. The van der Waals surface area contributed by atoms with Gasteiger partial charge >= 0.3 is 0 Å². The van der Waals surface area contributed by atoms with Gasteiger partial charge in [-0.15, -0.1) is 0 Å². The zero-order chi connectivity index (χ0) is 12.3. The molecule has 2 atom stereocenters. The number of nitrogens with two attached hydrogens (primary N) is 1. The summed E-state index contributed by atoms with van der Waals surface area (Å²) in [7, 11) is 1.57. The van der Waals surface area contributed by atoms with Gasteiger partial charge in [-0.3, -0.25) is 4.79 Å². The molecule has 2 N–H and O–H groups in total. The van der Waals surface area contributed by atoms with Gasteiger partial charge < -0.3 is 15.4 Å². The SMILES string of the molecule is COCC(N)C(=O)N1CCCC1C(C)(C)C. The van der Waals surface area contributed by atoms with Crippen molar-refractivity contribution in [2.24, 2.45) is 11.1 Å². The van der Waals surface area contributed by atoms with Gasteiger partial charge in [-0.2, -0.15) is 0 Å². The Morgan fingerprint density at radius 1 is 1.56 bits per heavy atom. The highest BCUT2D eigenvalue weighted by atomic mass is 16.5. The summed E-state index contributed by atoms with van der Waals surface area (Å²) in [5.41, 5.74) is 5.92. The molecule has 16 heavy (non-hydrogen) atoms. The van der Waals surface area contributed by atoms with Crippen LogP contribution in [0.5, 0.6) is 0 Å². The first-order chi connectivity index (χ1) is 7.38. The Bertz CT molecular complexity index is 248. The topological polar surface area (TPSA) is 55.6 Å². The predicted octanol–water partition coefficient (Wildman–Crippen LogP) is 0.997. The maximum Gasteiger partial charge on any atom is 0.242 e. The lowest BCUT2D eigenvalue weighted by molar-refractivity contribution is -0.136. The molecule has 0 aromatic rings. The van der Waals surface area contributed by atoms with Crippen molar-refractivity contribution in [3.63, 3.8) is 0 Å². The number of amides is 1. The van der Waals surface area contributed by atoms with Crippen LogP contribution in [-0.2, 0) is 9.53 Å². The molecule has 0 spiro atoms. The lowest BCUT2D eigenvalue weighted by Crippen LogP contribution is -2.51. The average Bonchev–Trinajstić information content (AvgIpc) is 2.64. The molecule has 1 heterocycles. The molecule has 0 radical (unpaired) electrons. The van der Waals surface area contributed by atoms with Crippen LogP contribution in [0.15, 0.2) is 0 Å². The van der Waals surface area contributed by atoms with E-state index in [9.17, 15) is 4.79 Å². The number of ether oxygens (including phenoxy) is 1. The third kappa shape index (κ3) is 2.95. The van der Waals surface area contributed by atoms with Crippen LogP contribution in [0.2, 0.25) is 0 Å².